The molecular formula is C11H18ClN3O3. The zero-order chi connectivity index (χ0) is 12.3. The first-order chi connectivity index (χ1) is 8.20. The monoisotopic (exact) mass is 275 g/mol. The van der Waals surface area contributed by atoms with Gasteiger partial charge in [0.25, 0.3) is 5.91 Å². The first-order valence-electron chi connectivity index (χ1n) is 5.70. The highest BCUT2D eigenvalue weighted by molar-refractivity contribution is 5.92. The zero-order valence-electron chi connectivity index (χ0n) is 10.3. The average molecular weight is 276 g/mol. The van der Waals surface area contributed by atoms with Gasteiger partial charge in [-0.25, -0.2) is 0 Å². The van der Waals surface area contributed by atoms with Crippen molar-refractivity contribution in [1.29, 1.82) is 0 Å². The fourth-order valence-corrected chi connectivity index (χ4v) is 1.98. The highest BCUT2D eigenvalue weighted by Gasteiger charge is 2.24. The Kier molecular flexibility index (Phi) is 5.58. The van der Waals surface area contributed by atoms with Gasteiger partial charge in [0.05, 0.1) is 0 Å². The summed E-state index contributed by atoms with van der Waals surface area (Å²) < 4.78 is 9.89. The summed E-state index contributed by atoms with van der Waals surface area (Å²) >= 11 is 0. The fraction of sp³-hybridized carbons (Fsp3) is 0.636. The molecule has 1 unspecified atom stereocenters. The summed E-state index contributed by atoms with van der Waals surface area (Å²) in [6, 6.07) is 1.68. The van der Waals surface area contributed by atoms with Gasteiger partial charge < -0.3 is 19.9 Å². The lowest BCUT2D eigenvalue weighted by Gasteiger charge is -2.29. The molecular weight excluding hydrogens is 258 g/mol. The van der Waals surface area contributed by atoms with Crippen molar-refractivity contribution in [3.05, 3.63) is 17.5 Å². The maximum absolute atomic E-state index is 12.1. The number of methoxy groups -OCH3 is 1. The highest BCUT2D eigenvalue weighted by Crippen LogP contribution is 2.13. The van der Waals surface area contributed by atoms with Crippen molar-refractivity contribution < 1.29 is 14.1 Å². The van der Waals surface area contributed by atoms with Crippen molar-refractivity contribution in [2.75, 3.05) is 20.2 Å². The minimum atomic E-state index is -0.119. The molecule has 1 amide bonds. The van der Waals surface area contributed by atoms with Crippen LogP contribution in [0.25, 0.3) is 0 Å². The zero-order valence-corrected chi connectivity index (χ0v) is 11.1. The van der Waals surface area contributed by atoms with Crippen LogP contribution in [0.5, 0.6) is 0 Å². The van der Waals surface area contributed by atoms with E-state index in [1.54, 1.807) is 18.1 Å². The molecule has 6 nitrogen and oxygen atoms in total. The predicted molar refractivity (Wildman–Crippen MR) is 67.6 cm³/mol. The van der Waals surface area contributed by atoms with Gasteiger partial charge in [-0.3, -0.25) is 4.79 Å². The number of rotatable bonds is 3. The number of likely N-dealkylation sites (tertiary alicyclic amines) is 1. The van der Waals surface area contributed by atoms with Crippen LogP contribution in [-0.4, -0.2) is 42.2 Å². The molecule has 1 aromatic heterocycles. The summed E-state index contributed by atoms with van der Waals surface area (Å²) in [7, 11) is 1.56. The Labute approximate surface area is 112 Å². The number of carbonyl (C=O) groups excluding carboxylic acids is 1. The van der Waals surface area contributed by atoms with Gasteiger partial charge in [0.1, 0.15) is 6.61 Å². The number of nitrogens with zero attached hydrogens (tertiary/aromatic N) is 2. The van der Waals surface area contributed by atoms with E-state index in [0.29, 0.717) is 24.6 Å². The summed E-state index contributed by atoms with van der Waals surface area (Å²) in [4.78, 5) is 13.8. The van der Waals surface area contributed by atoms with Gasteiger partial charge in [0.2, 0.25) is 0 Å². The van der Waals surface area contributed by atoms with Crippen molar-refractivity contribution in [1.82, 2.24) is 10.1 Å². The first kappa shape index (κ1) is 14.9. The van der Waals surface area contributed by atoms with Crippen LogP contribution in [0.4, 0.5) is 0 Å². The topological polar surface area (TPSA) is 81.6 Å². The van der Waals surface area contributed by atoms with Crippen LogP contribution in [0.2, 0.25) is 0 Å². The summed E-state index contributed by atoms with van der Waals surface area (Å²) in [5.41, 5.74) is 6.16. The Balaban J connectivity index is 0.00000162. The van der Waals surface area contributed by atoms with Crippen LogP contribution in [0.1, 0.15) is 29.1 Å². The molecule has 1 saturated heterocycles. The number of carbonyl (C=O) groups is 1. The maximum Gasteiger partial charge on any atom is 0.276 e. The summed E-state index contributed by atoms with van der Waals surface area (Å²) in [6.07, 6.45) is 1.91. The van der Waals surface area contributed by atoms with E-state index in [2.05, 4.69) is 5.16 Å². The SMILES string of the molecule is COCc1cc(C(=O)N2CCCC(N)C2)no1.Cl. The third-order valence-electron chi connectivity index (χ3n) is 2.81. The van der Waals surface area contributed by atoms with Crippen LogP contribution >= 0.6 is 12.4 Å². The van der Waals surface area contributed by atoms with E-state index in [1.165, 1.54) is 0 Å². The summed E-state index contributed by atoms with van der Waals surface area (Å²) in [6.45, 7) is 1.64. The van der Waals surface area contributed by atoms with Crippen LogP contribution in [0.3, 0.4) is 0 Å². The normalized spacial score (nSPS) is 19.4. The second kappa shape index (κ2) is 6.72. The van der Waals surface area contributed by atoms with E-state index in [4.69, 9.17) is 15.0 Å². The van der Waals surface area contributed by atoms with Gasteiger partial charge in [0, 0.05) is 32.3 Å². The lowest BCUT2D eigenvalue weighted by molar-refractivity contribution is 0.0698. The number of nitrogens with two attached hydrogens (primary N) is 1. The molecule has 2 rings (SSSR count). The van der Waals surface area contributed by atoms with E-state index < -0.39 is 0 Å². The Morgan fingerprint density at radius 3 is 3.17 bits per heavy atom. The molecule has 2 N–H and O–H groups in total. The van der Waals surface area contributed by atoms with Crippen molar-refractivity contribution in [3.8, 4) is 0 Å². The second-order valence-corrected chi connectivity index (χ2v) is 4.26. The molecule has 1 atom stereocenters. The average Bonchev–Trinajstić information content (AvgIpc) is 2.77. The number of hydrogen-bond donors (Lipinski definition) is 1. The van der Waals surface area contributed by atoms with Gasteiger partial charge in [-0.2, -0.15) is 0 Å². The Bertz CT molecular complexity index is 397. The minimum absolute atomic E-state index is 0. The number of halogens is 1. The molecule has 102 valence electrons. The lowest BCUT2D eigenvalue weighted by atomic mass is 10.1. The smallest absolute Gasteiger partial charge is 0.276 e. The summed E-state index contributed by atoms with van der Waals surface area (Å²) in [5.74, 6) is 0.434. The molecule has 0 radical (unpaired) electrons. The molecule has 0 aromatic carbocycles. The van der Waals surface area contributed by atoms with Crippen LogP contribution in [0, 0.1) is 0 Å². The second-order valence-electron chi connectivity index (χ2n) is 4.26. The van der Waals surface area contributed by atoms with Crippen molar-refractivity contribution in [2.24, 2.45) is 5.73 Å². The van der Waals surface area contributed by atoms with E-state index in [-0.39, 0.29) is 24.4 Å². The first-order valence-corrected chi connectivity index (χ1v) is 5.70. The third kappa shape index (κ3) is 3.44. The minimum Gasteiger partial charge on any atom is -0.377 e. The third-order valence-corrected chi connectivity index (χ3v) is 2.81. The maximum atomic E-state index is 12.1. The molecule has 0 aliphatic carbocycles. The molecule has 0 bridgehead atoms. The van der Waals surface area contributed by atoms with Gasteiger partial charge in [-0.15, -0.1) is 12.4 Å². The van der Waals surface area contributed by atoms with E-state index in [9.17, 15) is 4.79 Å². The number of hydrogen-bond acceptors (Lipinski definition) is 5. The molecule has 1 aliphatic heterocycles. The lowest BCUT2D eigenvalue weighted by Crippen LogP contribution is -2.45. The van der Waals surface area contributed by atoms with Crippen LogP contribution < -0.4 is 5.73 Å². The molecule has 2 heterocycles. The largest absolute Gasteiger partial charge is 0.377 e. The highest BCUT2D eigenvalue weighted by atomic mass is 35.5. The quantitative estimate of drug-likeness (QED) is 0.883. The number of piperidine rings is 1. The number of ether oxygens (including phenoxy) is 1. The fourth-order valence-electron chi connectivity index (χ4n) is 1.98. The van der Waals surface area contributed by atoms with Gasteiger partial charge in [-0.05, 0) is 12.8 Å². The predicted octanol–water partition coefficient (Wildman–Crippen LogP) is 0.806. The van der Waals surface area contributed by atoms with E-state index in [0.717, 1.165) is 19.4 Å². The number of aromatic nitrogens is 1. The number of amides is 1. The molecule has 1 fully saturated rings. The van der Waals surface area contributed by atoms with E-state index >= 15 is 0 Å². The van der Waals surface area contributed by atoms with Crippen LogP contribution in [0.15, 0.2) is 10.6 Å². The van der Waals surface area contributed by atoms with Gasteiger partial charge >= 0.3 is 0 Å². The Morgan fingerprint density at radius 2 is 2.50 bits per heavy atom. The Hall–Kier alpha value is -1.11. The molecule has 1 aromatic rings. The van der Waals surface area contributed by atoms with Crippen molar-refractivity contribution in [2.45, 2.75) is 25.5 Å². The van der Waals surface area contributed by atoms with E-state index in [1.807, 2.05) is 0 Å². The standard InChI is InChI=1S/C11H17N3O3.ClH/c1-16-7-9-5-10(13-17-9)11(15)14-4-2-3-8(12)6-14;/h5,8H,2-4,6-7,12H2,1H3;1H. The van der Waals surface area contributed by atoms with Crippen molar-refractivity contribution in [3.63, 3.8) is 0 Å². The van der Waals surface area contributed by atoms with Gasteiger partial charge in [-0.1, -0.05) is 5.16 Å². The van der Waals surface area contributed by atoms with Crippen LogP contribution in [-0.2, 0) is 11.3 Å². The Morgan fingerprint density at radius 1 is 1.72 bits per heavy atom. The molecule has 18 heavy (non-hydrogen) atoms. The molecule has 0 saturated carbocycles. The van der Waals surface area contributed by atoms with Gasteiger partial charge in [0.15, 0.2) is 11.5 Å². The van der Waals surface area contributed by atoms with Crippen molar-refractivity contribution >= 4 is 18.3 Å². The summed E-state index contributed by atoms with van der Waals surface area (Å²) in [5, 5.41) is 3.75. The molecule has 1 aliphatic rings. The molecule has 0 spiro atoms. The molecule has 7 heteroatoms.